The van der Waals surface area contributed by atoms with Crippen LogP contribution in [-0.2, 0) is 4.79 Å². The van der Waals surface area contributed by atoms with Gasteiger partial charge in [0.1, 0.15) is 0 Å². The SMILES string of the molecule is Cc1ccccc1NC(=O)/C=C/c1cnn(-c2ccccc2)c1. The number of hydrogen-bond acceptors (Lipinski definition) is 2. The van der Waals surface area contributed by atoms with Crippen LogP contribution in [0.4, 0.5) is 5.69 Å². The Morgan fingerprint density at radius 3 is 2.61 bits per heavy atom. The molecule has 0 aliphatic rings. The molecule has 0 spiro atoms. The quantitative estimate of drug-likeness (QED) is 0.745. The van der Waals surface area contributed by atoms with E-state index < -0.39 is 0 Å². The van der Waals surface area contributed by atoms with E-state index in [1.54, 1.807) is 17.0 Å². The van der Waals surface area contributed by atoms with Gasteiger partial charge in [0.2, 0.25) is 5.91 Å². The van der Waals surface area contributed by atoms with Crippen molar-refractivity contribution in [2.45, 2.75) is 6.92 Å². The number of aromatic nitrogens is 2. The van der Waals surface area contributed by atoms with Crippen molar-refractivity contribution in [1.82, 2.24) is 9.78 Å². The standard InChI is InChI=1S/C19H17N3O/c1-15-7-5-6-10-18(15)21-19(23)12-11-16-13-20-22(14-16)17-8-3-2-4-9-17/h2-14H,1H3,(H,21,23)/b12-11+. The van der Waals surface area contributed by atoms with Crippen molar-refractivity contribution in [1.29, 1.82) is 0 Å². The van der Waals surface area contributed by atoms with Crippen molar-refractivity contribution >= 4 is 17.7 Å². The van der Waals surface area contributed by atoms with E-state index in [0.717, 1.165) is 22.5 Å². The number of rotatable bonds is 4. The van der Waals surface area contributed by atoms with Gasteiger partial charge in [-0.1, -0.05) is 36.4 Å². The van der Waals surface area contributed by atoms with Crippen LogP contribution in [0.1, 0.15) is 11.1 Å². The van der Waals surface area contributed by atoms with Crippen LogP contribution in [0, 0.1) is 6.92 Å². The molecule has 3 rings (SSSR count). The Morgan fingerprint density at radius 2 is 1.83 bits per heavy atom. The number of nitrogens with one attached hydrogen (secondary N) is 1. The third-order valence-corrected chi connectivity index (χ3v) is 3.45. The fraction of sp³-hybridized carbons (Fsp3) is 0.0526. The van der Waals surface area contributed by atoms with Gasteiger partial charge in [0, 0.05) is 23.5 Å². The van der Waals surface area contributed by atoms with Crippen LogP contribution in [0.15, 0.2) is 73.1 Å². The number of para-hydroxylation sites is 2. The van der Waals surface area contributed by atoms with Crippen molar-refractivity contribution in [3.05, 3.63) is 84.2 Å². The van der Waals surface area contributed by atoms with Gasteiger partial charge < -0.3 is 5.32 Å². The lowest BCUT2D eigenvalue weighted by Crippen LogP contribution is -2.08. The summed E-state index contributed by atoms with van der Waals surface area (Å²) in [7, 11) is 0. The molecule has 0 saturated heterocycles. The normalized spacial score (nSPS) is 10.8. The molecule has 0 fully saturated rings. The van der Waals surface area contributed by atoms with Crippen molar-refractivity contribution in [3.63, 3.8) is 0 Å². The Kier molecular flexibility index (Phi) is 4.34. The van der Waals surface area contributed by atoms with Crippen molar-refractivity contribution in [2.24, 2.45) is 0 Å². The Morgan fingerprint density at radius 1 is 1.09 bits per heavy atom. The van der Waals surface area contributed by atoms with Crippen molar-refractivity contribution in [3.8, 4) is 5.69 Å². The average Bonchev–Trinajstić information content (AvgIpc) is 3.05. The maximum Gasteiger partial charge on any atom is 0.248 e. The highest BCUT2D eigenvalue weighted by molar-refractivity contribution is 6.02. The zero-order chi connectivity index (χ0) is 16.1. The molecule has 1 aromatic heterocycles. The van der Waals surface area contributed by atoms with E-state index in [2.05, 4.69) is 10.4 Å². The fourth-order valence-electron chi connectivity index (χ4n) is 2.20. The lowest BCUT2D eigenvalue weighted by molar-refractivity contribution is -0.111. The average molecular weight is 303 g/mol. The van der Waals surface area contributed by atoms with Crippen LogP contribution >= 0.6 is 0 Å². The highest BCUT2D eigenvalue weighted by atomic mass is 16.1. The molecule has 0 bridgehead atoms. The van der Waals surface area contributed by atoms with E-state index >= 15 is 0 Å². The summed E-state index contributed by atoms with van der Waals surface area (Å²) in [5, 5.41) is 7.16. The number of aryl methyl sites for hydroxylation is 1. The summed E-state index contributed by atoms with van der Waals surface area (Å²) in [4.78, 5) is 12.0. The number of hydrogen-bond donors (Lipinski definition) is 1. The molecule has 23 heavy (non-hydrogen) atoms. The van der Waals surface area contributed by atoms with E-state index in [1.165, 1.54) is 6.08 Å². The number of amides is 1. The monoisotopic (exact) mass is 303 g/mol. The molecular formula is C19H17N3O. The van der Waals surface area contributed by atoms with Gasteiger partial charge in [0.25, 0.3) is 0 Å². The first kappa shape index (κ1) is 14.8. The third kappa shape index (κ3) is 3.74. The topological polar surface area (TPSA) is 46.9 Å². The van der Waals surface area contributed by atoms with Crippen LogP contribution in [0.25, 0.3) is 11.8 Å². The van der Waals surface area contributed by atoms with E-state index in [9.17, 15) is 4.79 Å². The number of carbonyl (C=O) groups is 1. The van der Waals surface area contributed by atoms with Crippen LogP contribution in [0.2, 0.25) is 0 Å². The summed E-state index contributed by atoms with van der Waals surface area (Å²) in [5.41, 5.74) is 3.71. The van der Waals surface area contributed by atoms with Crippen LogP contribution in [-0.4, -0.2) is 15.7 Å². The minimum Gasteiger partial charge on any atom is -0.322 e. The second kappa shape index (κ2) is 6.75. The number of nitrogens with zero attached hydrogens (tertiary/aromatic N) is 2. The molecule has 0 saturated carbocycles. The summed E-state index contributed by atoms with van der Waals surface area (Å²) in [5.74, 6) is -0.160. The van der Waals surface area contributed by atoms with Gasteiger partial charge >= 0.3 is 0 Å². The first-order valence-corrected chi connectivity index (χ1v) is 7.37. The van der Waals surface area contributed by atoms with Gasteiger partial charge in [0.15, 0.2) is 0 Å². The molecule has 0 aliphatic carbocycles. The molecule has 4 heteroatoms. The highest BCUT2D eigenvalue weighted by Gasteiger charge is 2.01. The lowest BCUT2D eigenvalue weighted by Gasteiger charge is -2.04. The predicted molar refractivity (Wildman–Crippen MR) is 92.4 cm³/mol. The first-order chi connectivity index (χ1) is 11.2. The molecule has 0 unspecified atom stereocenters. The molecular weight excluding hydrogens is 286 g/mol. The van der Waals surface area contributed by atoms with E-state index in [4.69, 9.17) is 0 Å². The van der Waals surface area contributed by atoms with Gasteiger partial charge in [-0.15, -0.1) is 0 Å². The fourth-order valence-corrected chi connectivity index (χ4v) is 2.20. The molecule has 1 amide bonds. The van der Waals surface area contributed by atoms with Crippen molar-refractivity contribution < 1.29 is 4.79 Å². The molecule has 0 radical (unpaired) electrons. The molecule has 0 atom stereocenters. The van der Waals surface area contributed by atoms with Gasteiger partial charge in [-0.25, -0.2) is 4.68 Å². The minimum atomic E-state index is -0.160. The van der Waals surface area contributed by atoms with Crippen LogP contribution in [0.5, 0.6) is 0 Å². The number of anilines is 1. The zero-order valence-corrected chi connectivity index (χ0v) is 12.8. The largest absolute Gasteiger partial charge is 0.322 e. The maximum absolute atomic E-state index is 12.0. The van der Waals surface area contributed by atoms with Gasteiger partial charge in [-0.05, 0) is 36.8 Å². The second-order valence-corrected chi connectivity index (χ2v) is 5.19. The van der Waals surface area contributed by atoms with Crippen molar-refractivity contribution in [2.75, 3.05) is 5.32 Å². The Bertz CT molecular complexity index is 835. The summed E-state index contributed by atoms with van der Waals surface area (Å²) in [6, 6.07) is 17.5. The number of carbonyl (C=O) groups excluding carboxylic acids is 1. The molecule has 3 aromatic rings. The number of benzene rings is 2. The Hall–Kier alpha value is -3.14. The predicted octanol–water partition coefficient (Wildman–Crippen LogP) is 3.83. The molecule has 1 N–H and O–H groups in total. The van der Waals surface area contributed by atoms with Gasteiger partial charge in [0.05, 0.1) is 11.9 Å². The van der Waals surface area contributed by atoms with Crippen LogP contribution < -0.4 is 5.32 Å². The van der Waals surface area contributed by atoms with E-state index in [-0.39, 0.29) is 5.91 Å². The molecule has 2 aromatic carbocycles. The maximum atomic E-state index is 12.0. The summed E-state index contributed by atoms with van der Waals surface area (Å²) in [6.07, 6.45) is 6.87. The Labute approximate surface area is 135 Å². The summed E-state index contributed by atoms with van der Waals surface area (Å²) >= 11 is 0. The van der Waals surface area contributed by atoms with Gasteiger partial charge in [-0.3, -0.25) is 4.79 Å². The highest BCUT2D eigenvalue weighted by Crippen LogP contribution is 2.13. The molecule has 4 nitrogen and oxygen atoms in total. The Balaban J connectivity index is 1.68. The van der Waals surface area contributed by atoms with Crippen LogP contribution in [0.3, 0.4) is 0 Å². The molecule has 114 valence electrons. The minimum absolute atomic E-state index is 0.160. The molecule has 1 heterocycles. The van der Waals surface area contributed by atoms with Gasteiger partial charge in [-0.2, -0.15) is 5.10 Å². The third-order valence-electron chi connectivity index (χ3n) is 3.45. The smallest absolute Gasteiger partial charge is 0.248 e. The summed E-state index contributed by atoms with van der Waals surface area (Å²) in [6.45, 7) is 1.96. The lowest BCUT2D eigenvalue weighted by atomic mass is 10.2. The molecule has 0 aliphatic heterocycles. The van der Waals surface area contributed by atoms with E-state index in [0.29, 0.717) is 0 Å². The summed E-state index contributed by atoms with van der Waals surface area (Å²) < 4.78 is 1.78. The van der Waals surface area contributed by atoms with E-state index in [1.807, 2.05) is 67.7 Å². The second-order valence-electron chi connectivity index (χ2n) is 5.19. The first-order valence-electron chi connectivity index (χ1n) is 7.37. The zero-order valence-electron chi connectivity index (χ0n) is 12.8.